The van der Waals surface area contributed by atoms with Crippen molar-refractivity contribution in [3.63, 3.8) is 0 Å². The zero-order valence-corrected chi connectivity index (χ0v) is 7.73. The molecule has 16 heavy (non-hydrogen) atoms. The molecule has 0 aromatic rings. The molecule has 0 aromatic heterocycles. The summed E-state index contributed by atoms with van der Waals surface area (Å²) in [6.07, 6.45) is 0. The fourth-order valence-corrected chi connectivity index (χ4v) is 1.82. The molecule has 90 valence electrons. The van der Waals surface area contributed by atoms with Crippen LogP contribution in [0.4, 0.5) is 0 Å². The van der Waals surface area contributed by atoms with Gasteiger partial charge in [0.1, 0.15) is 0 Å². The fraction of sp³-hybridized carbons (Fsp3) is 0.600. The highest BCUT2D eigenvalue weighted by Crippen LogP contribution is 2.43. The molecule has 0 aliphatic carbocycles. The van der Waals surface area contributed by atoms with E-state index in [9.17, 15) is 19.2 Å². The van der Waals surface area contributed by atoms with Crippen molar-refractivity contribution < 1.29 is 19.2 Å². The number of hydrogen-bond donors (Lipinski definition) is 0. The Balaban J connectivity index is 0.00000112. The van der Waals surface area contributed by atoms with Crippen LogP contribution in [0.5, 0.6) is 0 Å². The Bertz CT molecular complexity index is 354. The van der Waals surface area contributed by atoms with E-state index in [0.717, 1.165) is 9.80 Å². The predicted molar refractivity (Wildman–Crippen MR) is 56.1 cm³/mol. The van der Waals surface area contributed by atoms with E-state index in [-0.39, 0.29) is 21.4 Å². The summed E-state index contributed by atoms with van der Waals surface area (Å²) in [4.78, 5) is 47.1. The second-order valence-electron chi connectivity index (χ2n) is 3.27. The third-order valence-corrected chi connectivity index (χ3v) is 2.70. The van der Waals surface area contributed by atoms with Crippen molar-refractivity contribution in [1.29, 1.82) is 0 Å². The highest BCUT2D eigenvalue weighted by Gasteiger charge is 2.79. The summed E-state index contributed by atoms with van der Waals surface area (Å²) in [5.74, 6) is -2.78. The lowest BCUT2D eigenvalue weighted by atomic mass is 9.69. The molecular weight excluding hydrogens is 212 g/mol. The lowest BCUT2D eigenvalue weighted by molar-refractivity contribution is -0.198. The van der Waals surface area contributed by atoms with Gasteiger partial charge in [0.2, 0.25) is 0 Å². The van der Waals surface area contributed by atoms with Gasteiger partial charge >= 0.3 is 0 Å². The van der Waals surface area contributed by atoms with Crippen molar-refractivity contribution in [2.24, 2.45) is 5.41 Å². The van der Waals surface area contributed by atoms with E-state index in [2.05, 4.69) is 0 Å². The topological polar surface area (TPSA) is 74.8 Å². The summed E-state index contributed by atoms with van der Waals surface area (Å²) in [7, 11) is 1.26. The summed E-state index contributed by atoms with van der Waals surface area (Å²) < 4.78 is 0. The number of carbonyl (C=O) groups is 4. The monoisotopic (exact) mass is 228 g/mol. The number of nitrogens with zero attached hydrogens (tertiary/aromatic N) is 2. The summed E-state index contributed by atoms with van der Waals surface area (Å²) in [6.45, 7) is 1.81. The molecule has 0 saturated carbocycles. The van der Waals surface area contributed by atoms with Gasteiger partial charge in [0.25, 0.3) is 29.0 Å². The van der Waals surface area contributed by atoms with E-state index in [1.807, 2.05) is 0 Å². The van der Waals surface area contributed by atoms with Crippen LogP contribution in [0.25, 0.3) is 0 Å². The molecule has 2 aliphatic heterocycles. The van der Waals surface area contributed by atoms with E-state index in [4.69, 9.17) is 0 Å². The Morgan fingerprint density at radius 3 is 1.62 bits per heavy atom. The van der Waals surface area contributed by atoms with E-state index >= 15 is 0 Å². The molecule has 6 heteroatoms. The van der Waals surface area contributed by atoms with Crippen LogP contribution in [0.2, 0.25) is 0 Å². The molecule has 1 spiro atoms. The SMILES string of the molecule is C.C.CCN1C(=O)C2(C(=O)N(C)C2=O)C1=O. The van der Waals surface area contributed by atoms with Gasteiger partial charge in [-0.15, -0.1) is 0 Å². The van der Waals surface area contributed by atoms with Crippen molar-refractivity contribution in [2.75, 3.05) is 13.6 Å². The second-order valence-corrected chi connectivity index (χ2v) is 3.27. The zero-order chi connectivity index (χ0) is 10.7. The molecule has 2 rings (SSSR count). The Labute approximate surface area is 94.2 Å². The van der Waals surface area contributed by atoms with E-state index in [0.29, 0.717) is 0 Å². The maximum absolute atomic E-state index is 11.4. The van der Waals surface area contributed by atoms with Crippen molar-refractivity contribution in [2.45, 2.75) is 21.8 Å². The summed E-state index contributed by atoms with van der Waals surface area (Å²) in [6, 6.07) is 0. The minimum absolute atomic E-state index is 0. The number of amides is 4. The van der Waals surface area contributed by atoms with Crippen molar-refractivity contribution in [3.05, 3.63) is 0 Å². The lowest BCUT2D eigenvalue weighted by Gasteiger charge is -2.51. The molecule has 0 radical (unpaired) electrons. The maximum Gasteiger partial charge on any atom is 0.284 e. The Morgan fingerprint density at radius 1 is 0.938 bits per heavy atom. The molecule has 2 aliphatic rings. The average molecular weight is 228 g/mol. The summed E-state index contributed by atoms with van der Waals surface area (Å²) in [5, 5.41) is 0. The van der Waals surface area contributed by atoms with Gasteiger partial charge in [-0.05, 0) is 6.92 Å². The lowest BCUT2D eigenvalue weighted by Crippen LogP contribution is -2.83. The first-order valence-corrected chi connectivity index (χ1v) is 4.18. The van der Waals surface area contributed by atoms with E-state index in [1.165, 1.54) is 7.05 Å². The van der Waals surface area contributed by atoms with E-state index < -0.39 is 29.0 Å². The predicted octanol–water partition coefficient (Wildman–Crippen LogP) is -0.368. The fourth-order valence-electron chi connectivity index (χ4n) is 1.82. The second kappa shape index (κ2) is 3.70. The average Bonchev–Trinajstić information content (AvgIpc) is 2.18. The van der Waals surface area contributed by atoms with Crippen molar-refractivity contribution >= 4 is 23.6 Å². The van der Waals surface area contributed by atoms with Gasteiger partial charge in [-0.2, -0.15) is 0 Å². The Morgan fingerprint density at radius 2 is 1.31 bits per heavy atom. The van der Waals surface area contributed by atoms with Crippen LogP contribution in [0, 0.1) is 5.41 Å². The number of rotatable bonds is 1. The first kappa shape index (κ1) is 14.3. The molecule has 0 bridgehead atoms. The largest absolute Gasteiger partial charge is 0.284 e. The van der Waals surface area contributed by atoms with Gasteiger partial charge < -0.3 is 0 Å². The van der Waals surface area contributed by atoms with Crippen LogP contribution in [-0.4, -0.2) is 47.0 Å². The number of carbonyl (C=O) groups excluding carboxylic acids is 4. The number of β-lactam (4-membered cyclic amide) rings is 4. The van der Waals surface area contributed by atoms with Crippen molar-refractivity contribution in [3.8, 4) is 0 Å². The van der Waals surface area contributed by atoms with Crippen LogP contribution in [-0.2, 0) is 19.2 Å². The highest BCUT2D eigenvalue weighted by atomic mass is 16.2. The quantitative estimate of drug-likeness (QED) is 0.453. The van der Waals surface area contributed by atoms with Crippen LogP contribution < -0.4 is 0 Å². The van der Waals surface area contributed by atoms with Gasteiger partial charge in [0.05, 0.1) is 0 Å². The molecule has 0 atom stereocenters. The van der Waals surface area contributed by atoms with Crippen LogP contribution in [0.1, 0.15) is 21.8 Å². The Hall–Kier alpha value is -1.72. The standard InChI is InChI=1S/C8H8N2O4.2CH4/c1-3-10-6(13)8(7(10)14)4(11)9(2)5(8)12;;/h3H2,1-2H3;2*1H4. The summed E-state index contributed by atoms with van der Waals surface area (Å²) in [5.41, 5.74) is -1.98. The molecule has 2 fully saturated rings. The minimum Gasteiger partial charge on any atom is -0.282 e. The number of likely N-dealkylation sites (tertiary alicyclic amines) is 2. The Kier molecular flexibility index (Phi) is 3.30. The molecule has 2 saturated heterocycles. The van der Waals surface area contributed by atoms with E-state index in [1.54, 1.807) is 6.92 Å². The number of imide groups is 2. The highest BCUT2D eigenvalue weighted by molar-refractivity contribution is 6.52. The molecule has 2 heterocycles. The molecule has 6 nitrogen and oxygen atoms in total. The van der Waals surface area contributed by atoms with Crippen LogP contribution in [0.3, 0.4) is 0 Å². The molecule has 0 N–H and O–H groups in total. The van der Waals surface area contributed by atoms with Gasteiger partial charge in [0.15, 0.2) is 0 Å². The maximum atomic E-state index is 11.4. The normalized spacial score (nSPS) is 21.1. The van der Waals surface area contributed by atoms with Crippen LogP contribution in [0.15, 0.2) is 0 Å². The third kappa shape index (κ3) is 0.963. The zero-order valence-electron chi connectivity index (χ0n) is 7.73. The van der Waals surface area contributed by atoms with Gasteiger partial charge in [-0.25, -0.2) is 0 Å². The minimum atomic E-state index is -1.98. The van der Waals surface area contributed by atoms with Crippen molar-refractivity contribution in [1.82, 2.24) is 9.80 Å². The van der Waals surface area contributed by atoms with Gasteiger partial charge in [-0.1, -0.05) is 14.9 Å². The molecule has 0 unspecified atom stereocenters. The van der Waals surface area contributed by atoms with Crippen LogP contribution >= 0.6 is 0 Å². The van der Waals surface area contributed by atoms with Gasteiger partial charge in [0, 0.05) is 13.6 Å². The summed E-state index contributed by atoms with van der Waals surface area (Å²) >= 11 is 0. The molecular formula is C10H16N2O4. The third-order valence-electron chi connectivity index (χ3n) is 2.70. The molecule has 0 aromatic carbocycles. The number of hydrogen-bond acceptors (Lipinski definition) is 4. The smallest absolute Gasteiger partial charge is 0.282 e. The van der Waals surface area contributed by atoms with Gasteiger partial charge in [-0.3, -0.25) is 29.0 Å². The first-order chi connectivity index (χ1) is 6.49. The first-order valence-electron chi connectivity index (χ1n) is 4.18. The molecule has 4 amide bonds.